The Hall–Kier alpha value is -0.490. The van der Waals surface area contributed by atoms with Crippen LogP contribution in [0, 0.1) is 7.34 Å². The summed E-state index contributed by atoms with van der Waals surface area (Å²) in [6, 6.07) is 10.8. The summed E-state index contributed by atoms with van der Waals surface area (Å²) in [6.45, 7) is 6.46. The van der Waals surface area contributed by atoms with E-state index < -0.39 is 0 Å². The number of hydrogen-bond donors (Lipinski definition) is 0. The molecule has 0 atom stereocenters. The van der Waals surface area contributed by atoms with E-state index in [1.165, 1.54) is 8.47 Å². The molecule has 4 heteroatoms. The first-order valence-electron chi connectivity index (χ1n) is 5.75. The van der Waals surface area contributed by atoms with E-state index in [1.807, 2.05) is 0 Å². The molecule has 0 bridgehead atoms. The van der Waals surface area contributed by atoms with Crippen LogP contribution in [-0.4, -0.2) is 11.4 Å². The molecule has 1 aromatic heterocycles. The summed E-state index contributed by atoms with van der Waals surface area (Å²) in [5.74, 6) is 0. The van der Waals surface area contributed by atoms with Crippen molar-refractivity contribution in [3.63, 3.8) is 0 Å². The van der Waals surface area contributed by atoms with Crippen LogP contribution in [-0.2, 0) is 5.41 Å². The number of hydrogen-bond acceptors (Lipinski definition) is 3. The second kappa shape index (κ2) is 5.65. The van der Waals surface area contributed by atoms with Crippen LogP contribution in [0.25, 0.3) is 0 Å². The van der Waals surface area contributed by atoms with Gasteiger partial charge in [0.25, 0.3) is 0 Å². The van der Waals surface area contributed by atoms with E-state index in [0.717, 1.165) is 9.46 Å². The molecule has 2 rings (SSSR count). The Labute approximate surface area is 123 Å². The van der Waals surface area contributed by atoms with Gasteiger partial charge in [0.2, 0.25) is 0 Å². The van der Waals surface area contributed by atoms with Gasteiger partial charge in [-0.25, -0.2) is 0 Å². The van der Waals surface area contributed by atoms with E-state index in [1.54, 1.807) is 11.8 Å². The van der Waals surface area contributed by atoms with Crippen molar-refractivity contribution in [2.24, 2.45) is 0 Å². The molecule has 1 heterocycles. The normalized spacial score (nSPS) is 12.0. The fourth-order valence-electron chi connectivity index (χ4n) is 1.39. The Balaban J connectivity index is 2.11. The van der Waals surface area contributed by atoms with Gasteiger partial charge in [0.1, 0.15) is 0 Å². The average molecular weight is 374 g/mol. The third kappa shape index (κ3) is 3.51. The number of rotatable bonds is 3. The SMILES string of the molecule is CSc1ccc([I-]c2cc(C(C)(C)C)no2)cc1. The molecule has 0 spiro atoms. The first-order valence-corrected chi connectivity index (χ1v) is 9.13. The molecular formula is C14H17INOS-. The fourth-order valence-corrected chi connectivity index (χ4v) is 3.78. The number of nitrogens with zero attached hydrogens (tertiary/aromatic N) is 1. The van der Waals surface area contributed by atoms with Gasteiger partial charge >= 0.3 is 123 Å². The quantitative estimate of drug-likeness (QED) is 0.588. The van der Waals surface area contributed by atoms with Gasteiger partial charge in [0.05, 0.1) is 0 Å². The predicted molar refractivity (Wildman–Crippen MR) is 70.8 cm³/mol. The van der Waals surface area contributed by atoms with Crippen LogP contribution in [0.4, 0.5) is 0 Å². The van der Waals surface area contributed by atoms with E-state index in [4.69, 9.17) is 4.52 Å². The molecule has 0 amide bonds. The maximum absolute atomic E-state index is 5.45. The van der Waals surface area contributed by atoms with Crippen LogP contribution in [0.15, 0.2) is 39.8 Å². The van der Waals surface area contributed by atoms with E-state index >= 15 is 0 Å². The molecule has 0 radical (unpaired) electrons. The van der Waals surface area contributed by atoms with Gasteiger partial charge in [-0.1, -0.05) is 0 Å². The number of aromatic nitrogens is 1. The maximum atomic E-state index is 5.45. The van der Waals surface area contributed by atoms with Crippen LogP contribution < -0.4 is 21.2 Å². The Kier molecular flexibility index (Phi) is 4.37. The molecule has 98 valence electrons. The molecule has 0 fully saturated rings. The van der Waals surface area contributed by atoms with Crippen molar-refractivity contribution in [1.82, 2.24) is 5.16 Å². The number of thioether (sulfide) groups is 1. The summed E-state index contributed by atoms with van der Waals surface area (Å²) in [7, 11) is 0. The van der Waals surface area contributed by atoms with Crippen LogP contribution in [0.1, 0.15) is 26.5 Å². The van der Waals surface area contributed by atoms with Crippen molar-refractivity contribution in [1.29, 1.82) is 0 Å². The van der Waals surface area contributed by atoms with E-state index in [2.05, 4.69) is 62.5 Å². The van der Waals surface area contributed by atoms with E-state index in [9.17, 15) is 0 Å². The molecule has 2 aromatic rings. The Morgan fingerprint density at radius 1 is 1.17 bits per heavy atom. The minimum absolute atomic E-state index is 0.0637. The Morgan fingerprint density at radius 2 is 1.83 bits per heavy atom. The van der Waals surface area contributed by atoms with Crippen molar-refractivity contribution in [3.8, 4) is 0 Å². The van der Waals surface area contributed by atoms with Crippen LogP contribution in [0.2, 0.25) is 0 Å². The standard InChI is InChI=1S/C14H17INOS/c1-14(2,3)12-9-13(17-16-12)15-10-5-7-11(18-4)8-6-10/h5-9H,1-4H3/q-1. The first kappa shape index (κ1) is 13.9. The van der Waals surface area contributed by atoms with Crippen molar-refractivity contribution in [2.45, 2.75) is 31.1 Å². The molecule has 1 aromatic carbocycles. The van der Waals surface area contributed by atoms with Gasteiger partial charge in [-0.05, 0) is 0 Å². The summed E-state index contributed by atoms with van der Waals surface area (Å²) in [5, 5.41) is 4.17. The molecule has 0 N–H and O–H groups in total. The van der Waals surface area contributed by atoms with Gasteiger partial charge in [-0.2, -0.15) is 0 Å². The molecule has 18 heavy (non-hydrogen) atoms. The number of halogens is 1. The summed E-state index contributed by atoms with van der Waals surface area (Å²) >= 11 is 1.51. The van der Waals surface area contributed by atoms with Gasteiger partial charge in [-0.15, -0.1) is 0 Å². The molecule has 0 aliphatic rings. The van der Waals surface area contributed by atoms with Gasteiger partial charge in [0, 0.05) is 0 Å². The zero-order chi connectivity index (χ0) is 13.2. The number of benzene rings is 1. The zero-order valence-electron chi connectivity index (χ0n) is 11.0. The van der Waals surface area contributed by atoms with E-state index in [-0.39, 0.29) is 26.6 Å². The van der Waals surface area contributed by atoms with Crippen molar-refractivity contribution >= 4 is 11.8 Å². The van der Waals surface area contributed by atoms with Crippen LogP contribution in [0.3, 0.4) is 0 Å². The summed E-state index contributed by atoms with van der Waals surface area (Å²) < 4.78 is 7.85. The first-order chi connectivity index (χ1) is 8.49. The van der Waals surface area contributed by atoms with Gasteiger partial charge < -0.3 is 0 Å². The van der Waals surface area contributed by atoms with Gasteiger partial charge in [-0.3, -0.25) is 0 Å². The van der Waals surface area contributed by atoms with Crippen molar-refractivity contribution < 1.29 is 25.7 Å². The van der Waals surface area contributed by atoms with Gasteiger partial charge in [0.15, 0.2) is 0 Å². The van der Waals surface area contributed by atoms with Crippen LogP contribution in [0.5, 0.6) is 0 Å². The molecule has 0 aliphatic carbocycles. The molecule has 0 saturated carbocycles. The Bertz CT molecular complexity index is 513. The minimum atomic E-state index is -0.255. The topological polar surface area (TPSA) is 26.0 Å². The second-order valence-electron chi connectivity index (χ2n) is 5.02. The van der Waals surface area contributed by atoms with E-state index in [0.29, 0.717) is 0 Å². The monoisotopic (exact) mass is 374 g/mol. The fraction of sp³-hybridized carbons (Fsp3) is 0.357. The molecule has 0 aliphatic heterocycles. The zero-order valence-corrected chi connectivity index (χ0v) is 14.0. The van der Waals surface area contributed by atoms with Crippen molar-refractivity contribution in [2.75, 3.05) is 6.26 Å². The summed E-state index contributed by atoms with van der Waals surface area (Å²) in [6.07, 6.45) is 2.09. The third-order valence-corrected chi connectivity index (χ3v) is 5.63. The second-order valence-corrected chi connectivity index (χ2v) is 8.75. The summed E-state index contributed by atoms with van der Waals surface area (Å²) in [4.78, 5) is 1.30. The predicted octanol–water partition coefficient (Wildman–Crippen LogP) is 0.822. The third-order valence-electron chi connectivity index (χ3n) is 2.50. The van der Waals surface area contributed by atoms with Crippen molar-refractivity contribution in [3.05, 3.63) is 43.4 Å². The molecular weight excluding hydrogens is 357 g/mol. The average Bonchev–Trinajstić information content (AvgIpc) is 2.78. The molecule has 0 unspecified atom stereocenters. The Morgan fingerprint density at radius 3 is 2.33 bits per heavy atom. The van der Waals surface area contributed by atoms with Crippen LogP contribution >= 0.6 is 11.8 Å². The summed E-state index contributed by atoms with van der Waals surface area (Å²) in [5.41, 5.74) is 1.10. The molecule has 0 saturated heterocycles. The molecule has 2 nitrogen and oxygen atoms in total.